The van der Waals surface area contributed by atoms with Gasteiger partial charge in [-0.3, -0.25) is 0 Å². The summed E-state index contributed by atoms with van der Waals surface area (Å²) in [4.78, 5) is 6.76. The lowest BCUT2D eigenvalue weighted by Crippen LogP contribution is -2.44. The molecule has 2 aromatic heterocycles. The fraction of sp³-hybridized carbons (Fsp3) is 0.500. The van der Waals surface area contributed by atoms with Crippen molar-refractivity contribution in [1.29, 1.82) is 0 Å². The Bertz CT molecular complexity index is 546. The molecule has 0 aromatic carbocycles. The van der Waals surface area contributed by atoms with Crippen LogP contribution in [0.1, 0.15) is 12.8 Å². The summed E-state index contributed by atoms with van der Waals surface area (Å²) in [6.07, 6.45) is 4.33. The average molecular weight is 310 g/mol. The van der Waals surface area contributed by atoms with Gasteiger partial charge >= 0.3 is 0 Å². The van der Waals surface area contributed by atoms with Crippen LogP contribution in [0.5, 0.6) is 0 Å². The van der Waals surface area contributed by atoms with Crippen molar-refractivity contribution in [2.24, 2.45) is 0 Å². The normalized spacial score (nSPS) is 20.2. The zero-order valence-corrected chi connectivity index (χ0v) is 11.9. The van der Waals surface area contributed by atoms with Crippen LogP contribution < -0.4 is 10.2 Å². The van der Waals surface area contributed by atoms with Crippen LogP contribution in [0.25, 0.3) is 5.65 Å². The van der Waals surface area contributed by atoms with Crippen molar-refractivity contribution in [3.8, 4) is 0 Å². The van der Waals surface area contributed by atoms with E-state index in [1.54, 1.807) is 0 Å². The molecule has 3 heterocycles. The summed E-state index contributed by atoms with van der Waals surface area (Å²) in [5, 5.41) is 7.94. The lowest BCUT2D eigenvalue weighted by molar-refractivity contribution is 0.441. The highest BCUT2D eigenvalue weighted by Gasteiger charge is 2.21. The number of likely N-dealkylation sites (N-methyl/N-ethyl adjacent to an activating group) is 1. The van der Waals surface area contributed by atoms with Gasteiger partial charge in [0.25, 0.3) is 0 Å². The van der Waals surface area contributed by atoms with Gasteiger partial charge in [-0.25, -0.2) is 4.52 Å². The summed E-state index contributed by atoms with van der Waals surface area (Å²) in [6, 6.07) is 4.42. The highest BCUT2D eigenvalue weighted by molar-refractivity contribution is 9.10. The minimum atomic E-state index is 0.481. The number of hydrogen-bond acceptors (Lipinski definition) is 4. The van der Waals surface area contributed by atoms with Crippen LogP contribution >= 0.6 is 15.9 Å². The Balaban J connectivity index is 1.91. The zero-order chi connectivity index (χ0) is 12.5. The molecule has 6 heteroatoms. The Kier molecular flexibility index (Phi) is 3.22. The summed E-state index contributed by atoms with van der Waals surface area (Å²) in [5.74, 6) is 0.788. The van der Waals surface area contributed by atoms with Gasteiger partial charge in [-0.15, -0.1) is 5.10 Å². The first-order chi connectivity index (χ1) is 8.75. The number of fused-ring (bicyclic) bond motifs is 1. The average Bonchev–Trinajstić information content (AvgIpc) is 2.84. The highest BCUT2D eigenvalue weighted by atomic mass is 79.9. The molecule has 3 rings (SSSR count). The van der Waals surface area contributed by atoms with E-state index in [2.05, 4.69) is 43.3 Å². The number of hydrogen-bond donors (Lipinski definition) is 1. The molecule has 0 radical (unpaired) electrons. The molecule has 0 bridgehead atoms. The molecule has 2 aromatic rings. The number of aromatic nitrogens is 3. The first-order valence-electron chi connectivity index (χ1n) is 6.20. The molecule has 1 atom stereocenters. The molecular weight excluding hydrogens is 294 g/mol. The molecule has 96 valence electrons. The Morgan fingerprint density at radius 3 is 3.17 bits per heavy atom. The van der Waals surface area contributed by atoms with E-state index >= 15 is 0 Å². The minimum Gasteiger partial charge on any atom is -0.338 e. The predicted molar refractivity (Wildman–Crippen MR) is 75.0 cm³/mol. The Morgan fingerprint density at radius 2 is 2.44 bits per heavy atom. The molecule has 0 spiro atoms. The van der Waals surface area contributed by atoms with Crippen LogP contribution in [0.4, 0.5) is 5.95 Å². The first kappa shape index (κ1) is 11.9. The van der Waals surface area contributed by atoms with Gasteiger partial charge in [-0.05, 0) is 47.4 Å². The van der Waals surface area contributed by atoms with Gasteiger partial charge in [0.05, 0.1) is 4.47 Å². The van der Waals surface area contributed by atoms with Crippen LogP contribution in [0.3, 0.4) is 0 Å². The van der Waals surface area contributed by atoms with Gasteiger partial charge in [0.15, 0.2) is 5.65 Å². The van der Waals surface area contributed by atoms with Gasteiger partial charge in [0.1, 0.15) is 0 Å². The second-order valence-electron chi connectivity index (χ2n) is 4.65. The second-order valence-corrected chi connectivity index (χ2v) is 5.50. The predicted octanol–water partition coefficient (Wildman–Crippen LogP) is 1.68. The summed E-state index contributed by atoms with van der Waals surface area (Å²) >= 11 is 3.50. The summed E-state index contributed by atoms with van der Waals surface area (Å²) in [7, 11) is 2.07. The van der Waals surface area contributed by atoms with E-state index in [0.29, 0.717) is 6.04 Å². The van der Waals surface area contributed by atoms with Crippen molar-refractivity contribution < 1.29 is 0 Å². The van der Waals surface area contributed by atoms with Gasteiger partial charge in [-0.1, -0.05) is 0 Å². The lowest BCUT2D eigenvalue weighted by atomic mass is 10.1. The van der Waals surface area contributed by atoms with E-state index in [-0.39, 0.29) is 0 Å². The third-order valence-electron chi connectivity index (χ3n) is 3.44. The molecule has 18 heavy (non-hydrogen) atoms. The standard InChI is InChI=1S/C12H16BrN5/c1-17(9-4-2-6-14-8-9)12-15-11-10(13)5-3-7-18(11)16-12/h3,5,7,9,14H,2,4,6,8H2,1H3. The topological polar surface area (TPSA) is 45.5 Å². The zero-order valence-electron chi connectivity index (χ0n) is 10.3. The van der Waals surface area contributed by atoms with E-state index in [4.69, 9.17) is 0 Å². The van der Waals surface area contributed by atoms with Crippen LogP contribution in [0.15, 0.2) is 22.8 Å². The fourth-order valence-corrected chi connectivity index (χ4v) is 2.76. The van der Waals surface area contributed by atoms with Gasteiger partial charge in [0.2, 0.25) is 5.95 Å². The highest BCUT2D eigenvalue weighted by Crippen LogP contribution is 2.20. The first-order valence-corrected chi connectivity index (χ1v) is 6.99. The van der Waals surface area contributed by atoms with Gasteiger partial charge < -0.3 is 10.2 Å². The molecule has 5 nitrogen and oxygen atoms in total. The van der Waals surface area contributed by atoms with Crippen LogP contribution in [0, 0.1) is 0 Å². The number of rotatable bonds is 2. The summed E-state index contributed by atoms with van der Waals surface area (Å²) in [5.41, 5.74) is 0.864. The Hall–Kier alpha value is -1.14. The summed E-state index contributed by atoms with van der Waals surface area (Å²) in [6.45, 7) is 2.13. The summed E-state index contributed by atoms with van der Waals surface area (Å²) < 4.78 is 2.78. The molecule has 1 aliphatic heterocycles. The maximum atomic E-state index is 4.59. The smallest absolute Gasteiger partial charge is 0.245 e. The maximum absolute atomic E-state index is 4.59. The van der Waals surface area contributed by atoms with Crippen LogP contribution in [0.2, 0.25) is 0 Å². The largest absolute Gasteiger partial charge is 0.338 e. The van der Waals surface area contributed by atoms with E-state index in [9.17, 15) is 0 Å². The number of anilines is 1. The van der Waals surface area contributed by atoms with Crippen molar-refractivity contribution in [3.05, 3.63) is 22.8 Å². The van der Waals surface area contributed by atoms with Crippen LogP contribution in [-0.2, 0) is 0 Å². The molecule has 1 aliphatic rings. The SMILES string of the molecule is CN(c1nc2c(Br)cccn2n1)C1CCCNC1. The van der Waals surface area contributed by atoms with Crippen molar-refractivity contribution in [1.82, 2.24) is 19.9 Å². The molecular formula is C12H16BrN5. The lowest BCUT2D eigenvalue weighted by Gasteiger charge is -2.30. The number of piperidine rings is 1. The molecule has 1 N–H and O–H groups in total. The van der Waals surface area contributed by atoms with Crippen molar-refractivity contribution in [2.45, 2.75) is 18.9 Å². The molecule has 1 saturated heterocycles. The maximum Gasteiger partial charge on any atom is 0.245 e. The number of halogens is 1. The molecule has 1 unspecified atom stereocenters. The van der Waals surface area contributed by atoms with Gasteiger partial charge in [-0.2, -0.15) is 4.98 Å². The van der Waals surface area contributed by atoms with E-state index in [1.165, 1.54) is 12.8 Å². The third kappa shape index (κ3) is 2.10. The third-order valence-corrected chi connectivity index (χ3v) is 4.06. The van der Waals surface area contributed by atoms with Crippen LogP contribution in [-0.4, -0.2) is 40.8 Å². The van der Waals surface area contributed by atoms with Crippen molar-refractivity contribution in [2.75, 3.05) is 25.0 Å². The van der Waals surface area contributed by atoms with E-state index in [0.717, 1.165) is 29.2 Å². The minimum absolute atomic E-state index is 0.481. The fourth-order valence-electron chi connectivity index (χ4n) is 2.34. The van der Waals surface area contributed by atoms with Crippen molar-refractivity contribution >= 4 is 27.5 Å². The Labute approximate surface area is 114 Å². The second kappa shape index (κ2) is 4.85. The molecule has 0 saturated carbocycles. The molecule has 0 amide bonds. The van der Waals surface area contributed by atoms with Gasteiger partial charge in [0, 0.05) is 25.8 Å². The number of pyridine rings is 1. The number of nitrogens with zero attached hydrogens (tertiary/aromatic N) is 4. The Morgan fingerprint density at radius 1 is 1.56 bits per heavy atom. The van der Waals surface area contributed by atoms with E-state index < -0.39 is 0 Å². The van der Waals surface area contributed by atoms with E-state index in [1.807, 2.05) is 22.8 Å². The monoisotopic (exact) mass is 309 g/mol. The quantitative estimate of drug-likeness (QED) is 0.917. The number of nitrogens with one attached hydrogen (secondary N) is 1. The van der Waals surface area contributed by atoms with Crippen molar-refractivity contribution in [3.63, 3.8) is 0 Å². The molecule has 0 aliphatic carbocycles. The molecule has 1 fully saturated rings.